The van der Waals surface area contributed by atoms with E-state index < -0.39 is 4.92 Å². The average Bonchev–Trinajstić information content (AvgIpc) is 2.30. The fraction of sp³-hybridized carbons (Fsp3) is 0.400. The van der Waals surface area contributed by atoms with Gasteiger partial charge in [0.1, 0.15) is 6.10 Å². The molecule has 1 atom stereocenters. The van der Waals surface area contributed by atoms with Gasteiger partial charge in [-0.2, -0.15) is 0 Å². The summed E-state index contributed by atoms with van der Waals surface area (Å²) in [5, 5.41) is 10.6. The molecule has 80 valence electrons. The van der Waals surface area contributed by atoms with Gasteiger partial charge in [0.15, 0.2) is 0 Å². The normalized spacial score (nSPS) is 21.2. The van der Waals surface area contributed by atoms with Gasteiger partial charge in [-0.25, -0.2) is 0 Å². The van der Waals surface area contributed by atoms with Crippen LogP contribution in [-0.4, -0.2) is 24.7 Å². The fourth-order valence-electron chi connectivity index (χ4n) is 1.52. The predicted molar refractivity (Wildman–Crippen MR) is 52.6 cm³/mol. The number of rotatable bonds is 2. The molecule has 5 heteroatoms. The van der Waals surface area contributed by atoms with Crippen molar-refractivity contribution < 1.29 is 14.4 Å². The number of nitrogens with zero attached hydrogens (tertiary/aromatic N) is 1. The molecule has 1 aromatic carbocycles. The van der Waals surface area contributed by atoms with Gasteiger partial charge in [0.05, 0.1) is 24.7 Å². The first kappa shape index (κ1) is 10.1. The Bertz CT molecular complexity index is 360. The maximum absolute atomic E-state index is 10.6. The van der Waals surface area contributed by atoms with Crippen LogP contribution in [0.4, 0.5) is 5.69 Å². The highest BCUT2D eigenvalue weighted by molar-refractivity contribution is 5.35. The molecular weight excluding hydrogens is 198 g/mol. The highest BCUT2D eigenvalue weighted by Gasteiger charge is 2.18. The molecule has 1 aromatic rings. The van der Waals surface area contributed by atoms with E-state index in [4.69, 9.17) is 9.47 Å². The molecule has 15 heavy (non-hydrogen) atoms. The van der Waals surface area contributed by atoms with Gasteiger partial charge in [-0.15, -0.1) is 0 Å². The van der Waals surface area contributed by atoms with Gasteiger partial charge >= 0.3 is 0 Å². The Labute approximate surface area is 86.8 Å². The molecule has 0 bridgehead atoms. The topological polar surface area (TPSA) is 61.6 Å². The first-order chi connectivity index (χ1) is 7.27. The maximum atomic E-state index is 10.6. The minimum Gasteiger partial charge on any atom is -0.376 e. The minimum absolute atomic E-state index is 0.0849. The van der Waals surface area contributed by atoms with Gasteiger partial charge in [-0.3, -0.25) is 10.1 Å². The molecule has 0 aliphatic carbocycles. The Morgan fingerprint density at radius 2 is 2.27 bits per heavy atom. The molecule has 0 amide bonds. The molecule has 1 heterocycles. The lowest BCUT2D eigenvalue weighted by molar-refractivity contribution is -0.385. The third-order valence-corrected chi connectivity index (χ3v) is 2.27. The van der Waals surface area contributed by atoms with Crippen molar-refractivity contribution in [1.29, 1.82) is 0 Å². The second-order valence-electron chi connectivity index (χ2n) is 3.29. The summed E-state index contributed by atoms with van der Waals surface area (Å²) in [6.45, 7) is 1.58. The summed E-state index contributed by atoms with van der Waals surface area (Å²) in [5.74, 6) is 0. The zero-order valence-electron chi connectivity index (χ0n) is 8.09. The zero-order valence-corrected chi connectivity index (χ0v) is 8.09. The van der Waals surface area contributed by atoms with Crippen molar-refractivity contribution in [2.75, 3.05) is 19.8 Å². The molecule has 1 aliphatic heterocycles. The van der Waals surface area contributed by atoms with Gasteiger partial charge in [0.2, 0.25) is 0 Å². The summed E-state index contributed by atoms with van der Waals surface area (Å²) in [6, 6.07) is 6.46. The lowest BCUT2D eigenvalue weighted by Crippen LogP contribution is -2.21. The van der Waals surface area contributed by atoms with Crippen LogP contribution in [0.2, 0.25) is 0 Å². The lowest BCUT2D eigenvalue weighted by Gasteiger charge is -2.22. The molecule has 0 saturated carbocycles. The number of hydrogen-bond acceptors (Lipinski definition) is 4. The van der Waals surface area contributed by atoms with E-state index in [-0.39, 0.29) is 11.8 Å². The molecular formula is C10H11NO4. The largest absolute Gasteiger partial charge is 0.376 e. The number of benzene rings is 1. The number of non-ortho nitro benzene ring substituents is 1. The summed E-state index contributed by atoms with van der Waals surface area (Å²) < 4.78 is 10.7. The maximum Gasteiger partial charge on any atom is 0.269 e. The van der Waals surface area contributed by atoms with Crippen molar-refractivity contribution in [2.24, 2.45) is 0 Å². The second-order valence-corrected chi connectivity index (χ2v) is 3.29. The monoisotopic (exact) mass is 209 g/mol. The summed E-state index contributed by atoms with van der Waals surface area (Å²) in [4.78, 5) is 10.2. The predicted octanol–water partition coefficient (Wildman–Crippen LogP) is 1.68. The van der Waals surface area contributed by atoms with Crippen molar-refractivity contribution >= 4 is 5.69 Å². The van der Waals surface area contributed by atoms with E-state index in [1.807, 2.05) is 6.07 Å². The standard InChI is InChI=1S/C10H11NO4/c12-11(13)9-3-1-2-8(6-9)10-7-14-4-5-15-10/h1-3,6,10H,4-5,7H2. The van der Waals surface area contributed by atoms with Gasteiger partial charge in [-0.1, -0.05) is 12.1 Å². The van der Waals surface area contributed by atoms with Crippen LogP contribution in [-0.2, 0) is 9.47 Å². The van der Waals surface area contributed by atoms with Gasteiger partial charge in [0, 0.05) is 12.1 Å². The quantitative estimate of drug-likeness (QED) is 0.549. The Hall–Kier alpha value is -1.46. The second kappa shape index (κ2) is 4.37. The minimum atomic E-state index is -0.410. The number of nitro groups is 1. The number of nitro benzene ring substituents is 1. The van der Waals surface area contributed by atoms with Crippen molar-refractivity contribution in [3.05, 3.63) is 39.9 Å². The summed E-state index contributed by atoms with van der Waals surface area (Å²) in [6.07, 6.45) is -0.182. The van der Waals surface area contributed by atoms with Gasteiger partial charge in [0.25, 0.3) is 5.69 Å². The molecule has 0 spiro atoms. The number of hydrogen-bond donors (Lipinski definition) is 0. The third-order valence-electron chi connectivity index (χ3n) is 2.27. The fourth-order valence-corrected chi connectivity index (χ4v) is 1.52. The Kier molecular flexibility index (Phi) is 2.94. The molecule has 0 N–H and O–H groups in total. The van der Waals surface area contributed by atoms with Crippen LogP contribution in [0, 0.1) is 10.1 Å². The van der Waals surface area contributed by atoms with Gasteiger partial charge in [-0.05, 0) is 5.56 Å². The molecule has 5 nitrogen and oxygen atoms in total. The number of ether oxygens (including phenoxy) is 2. The molecule has 0 radical (unpaired) electrons. The molecule has 2 rings (SSSR count). The summed E-state index contributed by atoms with van der Waals surface area (Å²) in [5.41, 5.74) is 0.880. The SMILES string of the molecule is O=[N+]([O-])c1cccc(C2COCCO2)c1. The zero-order chi connectivity index (χ0) is 10.7. The van der Waals surface area contributed by atoms with Crippen molar-refractivity contribution in [2.45, 2.75) is 6.10 Å². The first-order valence-corrected chi connectivity index (χ1v) is 4.71. The van der Waals surface area contributed by atoms with Crippen LogP contribution in [0.25, 0.3) is 0 Å². The van der Waals surface area contributed by atoms with Crippen molar-refractivity contribution in [1.82, 2.24) is 0 Å². The van der Waals surface area contributed by atoms with Crippen LogP contribution >= 0.6 is 0 Å². The van der Waals surface area contributed by atoms with Crippen molar-refractivity contribution in [3.8, 4) is 0 Å². The van der Waals surface area contributed by atoms with E-state index in [0.29, 0.717) is 19.8 Å². The molecule has 0 aromatic heterocycles. The molecule has 1 saturated heterocycles. The Morgan fingerprint density at radius 1 is 1.40 bits per heavy atom. The van der Waals surface area contributed by atoms with E-state index >= 15 is 0 Å². The van der Waals surface area contributed by atoms with Crippen LogP contribution in [0.1, 0.15) is 11.7 Å². The van der Waals surface area contributed by atoms with E-state index in [2.05, 4.69) is 0 Å². The van der Waals surface area contributed by atoms with E-state index in [0.717, 1.165) is 5.56 Å². The highest BCUT2D eigenvalue weighted by atomic mass is 16.6. The van der Waals surface area contributed by atoms with Crippen LogP contribution in [0.5, 0.6) is 0 Å². The van der Waals surface area contributed by atoms with Crippen LogP contribution in [0.15, 0.2) is 24.3 Å². The summed E-state index contributed by atoms with van der Waals surface area (Å²) >= 11 is 0. The highest BCUT2D eigenvalue weighted by Crippen LogP contribution is 2.23. The molecule has 1 aliphatic rings. The molecule has 1 fully saturated rings. The average molecular weight is 209 g/mol. The lowest BCUT2D eigenvalue weighted by atomic mass is 10.1. The third kappa shape index (κ3) is 2.31. The molecule has 1 unspecified atom stereocenters. The van der Waals surface area contributed by atoms with Crippen molar-refractivity contribution in [3.63, 3.8) is 0 Å². The van der Waals surface area contributed by atoms with Crippen LogP contribution in [0.3, 0.4) is 0 Å². The first-order valence-electron chi connectivity index (χ1n) is 4.71. The van der Waals surface area contributed by atoms with Crippen LogP contribution < -0.4 is 0 Å². The smallest absolute Gasteiger partial charge is 0.269 e. The Morgan fingerprint density at radius 3 is 2.93 bits per heavy atom. The van der Waals surface area contributed by atoms with Gasteiger partial charge < -0.3 is 9.47 Å². The van der Waals surface area contributed by atoms with E-state index in [1.165, 1.54) is 12.1 Å². The van der Waals surface area contributed by atoms with E-state index in [9.17, 15) is 10.1 Å². The Balaban J connectivity index is 2.19. The summed E-state index contributed by atoms with van der Waals surface area (Å²) in [7, 11) is 0. The van der Waals surface area contributed by atoms with E-state index in [1.54, 1.807) is 6.07 Å².